The molecule has 0 unspecified atom stereocenters. The van der Waals surface area contributed by atoms with Gasteiger partial charge in [-0.2, -0.15) is 10.4 Å². The third-order valence-electron chi connectivity index (χ3n) is 3.19. The van der Waals surface area contributed by atoms with E-state index in [1.165, 1.54) is 0 Å². The van der Waals surface area contributed by atoms with E-state index < -0.39 is 0 Å². The van der Waals surface area contributed by atoms with Gasteiger partial charge in [0.15, 0.2) is 0 Å². The first-order valence-corrected chi connectivity index (χ1v) is 5.84. The summed E-state index contributed by atoms with van der Waals surface area (Å²) in [6.07, 6.45) is 1.85. The van der Waals surface area contributed by atoms with Gasteiger partial charge in [-0.1, -0.05) is 12.1 Å². The molecule has 92 valence electrons. The van der Waals surface area contributed by atoms with Gasteiger partial charge in [0, 0.05) is 24.8 Å². The average Bonchev–Trinajstić information content (AvgIpc) is 2.68. The predicted octanol–water partition coefficient (Wildman–Crippen LogP) is 2.52. The molecule has 0 fully saturated rings. The number of nitrogens with zero attached hydrogens (tertiary/aromatic N) is 3. The average molecular weight is 240 g/mol. The van der Waals surface area contributed by atoms with E-state index in [-0.39, 0.29) is 0 Å². The van der Waals surface area contributed by atoms with E-state index in [1.807, 2.05) is 50.0 Å². The van der Waals surface area contributed by atoms with Crippen molar-refractivity contribution in [2.24, 2.45) is 7.05 Å². The Morgan fingerprint density at radius 1 is 1.39 bits per heavy atom. The highest BCUT2D eigenvalue weighted by Crippen LogP contribution is 2.19. The molecule has 1 aromatic heterocycles. The molecule has 1 aromatic carbocycles. The van der Waals surface area contributed by atoms with Crippen LogP contribution in [0.5, 0.6) is 0 Å². The molecule has 0 saturated heterocycles. The van der Waals surface area contributed by atoms with Crippen LogP contribution in [-0.4, -0.2) is 9.78 Å². The minimum absolute atomic E-state index is 0.678. The smallest absolute Gasteiger partial charge is 0.102 e. The fourth-order valence-corrected chi connectivity index (χ4v) is 1.87. The van der Waals surface area contributed by atoms with Crippen molar-refractivity contribution in [3.05, 3.63) is 46.8 Å². The van der Waals surface area contributed by atoms with Crippen molar-refractivity contribution in [2.75, 3.05) is 5.32 Å². The highest BCUT2D eigenvalue weighted by Gasteiger charge is 2.07. The van der Waals surface area contributed by atoms with Crippen LogP contribution in [0.1, 0.15) is 22.4 Å². The molecule has 0 aliphatic rings. The fourth-order valence-electron chi connectivity index (χ4n) is 1.87. The molecule has 18 heavy (non-hydrogen) atoms. The van der Waals surface area contributed by atoms with Crippen LogP contribution in [0.25, 0.3) is 0 Å². The zero-order chi connectivity index (χ0) is 13.1. The lowest BCUT2D eigenvalue weighted by atomic mass is 10.1. The Kier molecular flexibility index (Phi) is 3.33. The largest absolute Gasteiger partial charge is 0.380 e. The van der Waals surface area contributed by atoms with E-state index >= 15 is 0 Å². The molecule has 4 nitrogen and oxygen atoms in total. The Morgan fingerprint density at radius 2 is 2.17 bits per heavy atom. The Hall–Kier alpha value is -2.28. The number of anilines is 1. The van der Waals surface area contributed by atoms with Crippen molar-refractivity contribution in [3.63, 3.8) is 0 Å². The van der Waals surface area contributed by atoms with Crippen LogP contribution < -0.4 is 5.32 Å². The van der Waals surface area contributed by atoms with Crippen LogP contribution in [0.4, 0.5) is 5.69 Å². The number of aryl methyl sites for hydroxylation is 2. The van der Waals surface area contributed by atoms with Gasteiger partial charge in [-0.05, 0) is 25.5 Å². The first kappa shape index (κ1) is 12.2. The summed E-state index contributed by atoms with van der Waals surface area (Å²) in [6.45, 7) is 4.66. The molecular weight excluding hydrogens is 224 g/mol. The quantitative estimate of drug-likeness (QED) is 0.896. The maximum Gasteiger partial charge on any atom is 0.102 e. The Morgan fingerprint density at radius 3 is 2.78 bits per heavy atom. The van der Waals surface area contributed by atoms with E-state index in [2.05, 4.69) is 16.5 Å². The Bertz CT molecular complexity index is 605. The van der Waals surface area contributed by atoms with Gasteiger partial charge in [0.05, 0.1) is 17.4 Å². The summed E-state index contributed by atoms with van der Waals surface area (Å²) >= 11 is 0. The third-order valence-corrected chi connectivity index (χ3v) is 3.19. The highest BCUT2D eigenvalue weighted by molar-refractivity contribution is 5.60. The molecular formula is C14H16N4. The van der Waals surface area contributed by atoms with Crippen molar-refractivity contribution < 1.29 is 0 Å². The molecule has 0 aliphatic carbocycles. The van der Waals surface area contributed by atoms with Crippen molar-refractivity contribution in [3.8, 4) is 6.07 Å². The van der Waals surface area contributed by atoms with Crippen molar-refractivity contribution in [1.29, 1.82) is 5.26 Å². The number of hydrogen-bond acceptors (Lipinski definition) is 3. The summed E-state index contributed by atoms with van der Waals surface area (Å²) in [7, 11) is 1.92. The SMILES string of the molecule is Cc1cccc(NCc2cnn(C)c2C)c1C#N. The molecule has 2 rings (SSSR count). The van der Waals surface area contributed by atoms with Crippen LogP contribution >= 0.6 is 0 Å². The molecule has 1 heterocycles. The first-order chi connectivity index (χ1) is 8.63. The lowest BCUT2D eigenvalue weighted by Gasteiger charge is -2.09. The summed E-state index contributed by atoms with van der Waals surface area (Å²) in [6, 6.07) is 8.06. The second kappa shape index (κ2) is 4.92. The monoisotopic (exact) mass is 240 g/mol. The molecule has 0 aliphatic heterocycles. The summed E-state index contributed by atoms with van der Waals surface area (Å²) in [5, 5.41) is 16.6. The van der Waals surface area contributed by atoms with E-state index in [1.54, 1.807) is 0 Å². The molecule has 0 bridgehead atoms. The predicted molar refractivity (Wildman–Crippen MR) is 71.2 cm³/mol. The Labute approximate surface area is 107 Å². The summed E-state index contributed by atoms with van der Waals surface area (Å²) in [5.41, 5.74) is 4.85. The number of nitrogens with one attached hydrogen (secondary N) is 1. The standard InChI is InChI=1S/C14H16N4/c1-10-5-4-6-14(13(10)7-15)16-8-12-9-17-18(3)11(12)2/h4-6,9,16H,8H2,1-3H3. The minimum atomic E-state index is 0.678. The van der Waals surface area contributed by atoms with Crippen LogP contribution in [0.15, 0.2) is 24.4 Å². The minimum Gasteiger partial charge on any atom is -0.380 e. The number of benzene rings is 1. The maximum absolute atomic E-state index is 9.15. The van der Waals surface area contributed by atoms with Gasteiger partial charge in [0.2, 0.25) is 0 Å². The van der Waals surface area contributed by atoms with Gasteiger partial charge in [-0.25, -0.2) is 0 Å². The van der Waals surface area contributed by atoms with Gasteiger partial charge in [0.1, 0.15) is 6.07 Å². The number of rotatable bonds is 3. The van der Waals surface area contributed by atoms with Crippen LogP contribution in [0.3, 0.4) is 0 Å². The summed E-state index contributed by atoms with van der Waals surface area (Å²) in [4.78, 5) is 0. The molecule has 0 spiro atoms. The second-order valence-electron chi connectivity index (χ2n) is 4.34. The molecule has 0 radical (unpaired) electrons. The van der Waals surface area contributed by atoms with Gasteiger partial charge < -0.3 is 5.32 Å². The van der Waals surface area contributed by atoms with E-state index in [0.717, 1.165) is 22.5 Å². The number of hydrogen-bond donors (Lipinski definition) is 1. The lowest BCUT2D eigenvalue weighted by molar-refractivity contribution is 0.738. The van der Waals surface area contributed by atoms with Gasteiger partial charge >= 0.3 is 0 Å². The Balaban J connectivity index is 2.19. The topological polar surface area (TPSA) is 53.6 Å². The van der Waals surface area contributed by atoms with E-state index in [4.69, 9.17) is 5.26 Å². The number of nitriles is 1. The molecule has 1 N–H and O–H groups in total. The van der Waals surface area contributed by atoms with Crippen molar-refractivity contribution in [1.82, 2.24) is 9.78 Å². The van der Waals surface area contributed by atoms with Crippen LogP contribution in [0.2, 0.25) is 0 Å². The van der Waals surface area contributed by atoms with Gasteiger partial charge in [-0.3, -0.25) is 4.68 Å². The summed E-state index contributed by atoms with van der Waals surface area (Å²) < 4.78 is 1.85. The van der Waals surface area contributed by atoms with E-state index in [0.29, 0.717) is 12.1 Å². The van der Waals surface area contributed by atoms with Crippen molar-refractivity contribution >= 4 is 5.69 Å². The first-order valence-electron chi connectivity index (χ1n) is 5.84. The maximum atomic E-state index is 9.15. The summed E-state index contributed by atoms with van der Waals surface area (Å²) in [5.74, 6) is 0. The molecule has 0 amide bonds. The van der Waals surface area contributed by atoms with Crippen LogP contribution in [0, 0.1) is 25.2 Å². The third kappa shape index (κ3) is 2.21. The molecule has 0 atom stereocenters. The highest BCUT2D eigenvalue weighted by atomic mass is 15.3. The van der Waals surface area contributed by atoms with E-state index in [9.17, 15) is 0 Å². The molecule has 0 saturated carbocycles. The van der Waals surface area contributed by atoms with Gasteiger partial charge in [0.25, 0.3) is 0 Å². The number of aromatic nitrogens is 2. The normalized spacial score (nSPS) is 10.1. The van der Waals surface area contributed by atoms with Crippen molar-refractivity contribution in [2.45, 2.75) is 20.4 Å². The second-order valence-corrected chi connectivity index (χ2v) is 4.34. The molecule has 4 heteroatoms. The molecule has 2 aromatic rings. The van der Waals surface area contributed by atoms with Gasteiger partial charge in [-0.15, -0.1) is 0 Å². The zero-order valence-corrected chi connectivity index (χ0v) is 10.9. The lowest BCUT2D eigenvalue weighted by Crippen LogP contribution is -2.03. The zero-order valence-electron chi connectivity index (χ0n) is 10.9. The van der Waals surface area contributed by atoms with Crippen LogP contribution in [-0.2, 0) is 13.6 Å². The fraction of sp³-hybridized carbons (Fsp3) is 0.286.